The fraction of sp³-hybridized carbons (Fsp3) is 0.474. The third-order valence-electron chi connectivity index (χ3n) is 5.15. The maximum atomic E-state index is 14.0. The van der Waals surface area contributed by atoms with Crippen LogP contribution in [0.4, 0.5) is 14.6 Å². The summed E-state index contributed by atoms with van der Waals surface area (Å²) in [6, 6.07) is 5.25. The third kappa shape index (κ3) is 5.25. The van der Waals surface area contributed by atoms with E-state index in [1.54, 1.807) is 0 Å². The van der Waals surface area contributed by atoms with Crippen LogP contribution in [-0.2, 0) is 16.0 Å². The summed E-state index contributed by atoms with van der Waals surface area (Å²) < 4.78 is 61.8. The second kappa shape index (κ2) is 9.23. The number of anilines is 1. The van der Waals surface area contributed by atoms with E-state index in [1.165, 1.54) is 22.5 Å². The molecular weight excluding hydrogens is 450 g/mol. The first-order chi connectivity index (χ1) is 14.8. The van der Waals surface area contributed by atoms with Gasteiger partial charge < -0.3 is 9.84 Å². The molecule has 8 nitrogen and oxygen atoms in total. The van der Waals surface area contributed by atoms with Gasteiger partial charge in [-0.1, -0.05) is 23.9 Å². The molecule has 2 N–H and O–H groups in total. The average molecular weight is 473 g/mol. The topological polar surface area (TPSA) is 105 Å². The van der Waals surface area contributed by atoms with Gasteiger partial charge in [0.25, 0.3) is 0 Å². The first-order valence-corrected chi connectivity index (χ1v) is 12.3. The maximum absolute atomic E-state index is 14.0. The molecule has 2 aliphatic rings. The van der Waals surface area contributed by atoms with E-state index in [-0.39, 0.29) is 28.2 Å². The van der Waals surface area contributed by atoms with Crippen molar-refractivity contribution in [1.29, 1.82) is 0 Å². The normalized spacial score (nSPS) is 21.6. The molecule has 2 heterocycles. The highest BCUT2D eigenvalue weighted by Crippen LogP contribution is 2.29. The molecule has 1 aliphatic heterocycles. The first kappa shape index (κ1) is 22.2. The van der Waals surface area contributed by atoms with Gasteiger partial charge in [-0.25, -0.2) is 13.8 Å². The Bertz CT molecular complexity index is 1050. The summed E-state index contributed by atoms with van der Waals surface area (Å²) in [5.41, 5.74) is 0.133. The monoisotopic (exact) mass is 472 g/mol. The van der Waals surface area contributed by atoms with Gasteiger partial charge in [0.15, 0.2) is 16.8 Å². The number of rotatable bonds is 8. The zero-order valence-corrected chi connectivity index (χ0v) is 18.1. The summed E-state index contributed by atoms with van der Waals surface area (Å²) in [5.74, 6) is -1.75. The Morgan fingerprint density at radius 3 is 2.71 bits per heavy atom. The Labute approximate surface area is 183 Å². The Hall–Kier alpha value is -2.02. The first-order valence-electron chi connectivity index (χ1n) is 9.89. The smallest absolute Gasteiger partial charge is 0.302 e. The van der Waals surface area contributed by atoms with Crippen LogP contribution in [0.1, 0.15) is 31.2 Å². The van der Waals surface area contributed by atoms with E-state index < -0.39 is 34.1 Å². The van der Waals surface area contributed by atoms with Crippen LogP contribution < -0.4 is 9.46 Å². The summed E-state index contributed by atoms with van der Waals surface area (Å²) in [6.45, 7) is 0.858. The minimum atomic E-state index is -3.76. The molecule has 168 valence electrons. The second-order valence-electron chi connectivity index (χ2n) is 7.39. The summed E-state index contributed by atoms with van der Waals surface area (Å²) in [7, 11) is -3.76. The highest BCUT2D eigenvalue weighted by atomic mass is 32.2. The molecule has 0 bridgehead atoms. The van der Waals surface area contributed by atoms with E-state index in [0.717, 1.165) is 30.7 Å². The van der Waals surface area contributed by atoms with E-state index in [0.29, 0.717) is 25.9 Å². The molecule has 2 aromatic rings. The molecule has 1 aromatic carbocycles. The van der Waals surface area contributed by atoms with Crippen LogP contribution >= 0.6 is 11.8 Å². The Morgan fingerprint density at radius 1 is 1.23 bits per heavy atom. The summed E-state index contributed by atoms with van der Waals surface area (Å²) in [6.07, 6.45) is 1.79. The lowest BCUT2D eigenvalue weighted by molar-refractivity contribution is 0.0569. The van der Waals surface area contributed by atoms with Gasteiger partial charge in [0.1, 0.15) is 11.9 Å². The van der Waals surface area contributed by atoms with Gasteiger partial charge in [0.2, 0.25) is 5.88 Å². The maximum Gasteiger partial charge on any atom is 0.302 e. The van der Waals surface area contributed by atoms with Gasteiger partial charge in [-0.05, 0) is 31.7 Å². The fourth-order valence-corrected chi connectivity index (χ4v) is 5.37. The van der Waals surface area contributed by atoms with Gasteiger partial charge in [-0.3, -0.25) is 4.72 Å². The van der Waals surface area contributed by atoms with Gasteiger partial charge in [-0.2, -0.15) is 17.7 Å². The standard InChI is InChI=1S/C19H22F2N4O4S2/c20-13-5-1-4-12(18(13)21)11-30-19-22-16(24-31(27,28)25-8-3-9-25)10-17(23-19)29-15-7-2-6-14(15)26/h1,4-5,10,14-15,26H,2-3,6-9,11H2,(H,22,23,24). The Kier molecular flexibility index (Phi) is 6.60. The summed E-state index contributed by atoms with van der Waals surface area (Å²) in [4.78, 5) is 8.46. The molecule has 2 atom stereocenters. The quantitative estimate of drug-likeness (QED) is 0.450. The number of hydrogen-bond acceptors (Lipinski definition) is 7. The minimum absolute atomic E-state index is 0.00611. The van der Waals surface area contributed by atoms with E-state index in [1.807, 2.05) is 0 Å². The number of halogens is 2. The lowest BCUT2D eigenvalue weighted by atomic mass is 10.2. The Balaban J connectivity index is 1.56. The van der Waals surface area contributed by atoms with Crippen molar-refractivity contribution in [2.75, 3.05) is 17.8 Å². The molecule has 2 fully saturated rings. The van der Waals surface area contributed by atoms with Crippen molar-refractivity contribution in [3.8, 4) is 5.88 Å². The minimum Gasteiger partial charge on any atom is -0.471 e. The number of benzene rings is 1. The van der Waals surface area contributed by atoms with Crippen LogP contribution in [0.15, 0.2) is 29.4 Å². The SMILES string of the molecule is O=S(=O)(Nc1cc(OC2CCCC2O)nc(SCc2cccc(F)c2F)n1)N1CCC1. The number of nitrogens with one attached hydrogen (secondary N) is 1. The third-order valence-corrected chi connectivity index (χ3v) is 7.56. The second-order valence-corrected chi connectivity index (χ2v) is 10.0. The van der Waals surface area contributed by atoms with Gasteiger partial charge >= 0.3 is 10.2 Å². The van der Waals surface area contributed by atoms with Crippen LogP contribution in [0.3, 0.4) is 0 Å². The average Bonchev–Trinajstić information content (AvgIpc) is 3.05. The molecule has 1 saturated carbocycles. The lowest BCUT2D eigenvalue weighted by Gasteiger charge is -2.29. The molecular formula is C19H22F2N4O4S2. The highest BCUT2D eigenvalue weighted by Gasteiger charge is 2.30. The lowest BCUT2D eigenvalue weighted by Crippen LogP contribution is -2.45. The van der Waals surface area contributed by atoms with Crippen molar-refractivity contribution < 1.29 is 27.0 Å². The number of aliphatic hydroxyl groups is 1. The number of aliphatic hydroxyl groups excluding tert-OH is 1. The predicted octanol–water partition coefficient (Wildman–Crippen LogP) is 2.70. The number of thioether (sulfide) groups is 1. The number of aromatic nitrogens is 2. The van der Waals surface area contributed by atoms with E-state index >= 15 is 0 Å². The predicted molar refractivity (Wildman–Crippen MR) is 111 cm³/mol. The van der Waals surface area contributed by atoms with Gasteiger partial charge in [0, 0.05) is 30.5 Å². The molecule has 1 aliphatic carbocycles. The molecule has 0 radical (unpaired) electrons. The molecule has 4 rings (SSSR count). The number of hydrogen-bond donors (Lipinski definition) is 2. The fourth-order valence-electron chi connectivity index (χ4n) is 3.31. The summed E-state index contributed by atoms with van der Waals surface area (Å²) >= 11 is 1.02. The van der Waals surface area contributed by atoms with Crippen molar-refractivity contribution in [3.05, 3.63) is 41.5 Å². The molecule has 1 saturated heterocycles. The van der Waals surface area contributed by atoms with Crippen LogP contribution in [0.2, 0.25) is 0 Å². The molecule has 12 heteroatoms. The molecule has 1 aromatic heterocycles. The van der Waals surface area contributed by atoms with Crippen molar-refractivity contribution in [3.63, 3.8) is 0 Å². The van der Waals surface area contributed by atoms with E-state index in [2.05, 4.69) is 14.7 Å². The zero-order valence-electron chi connectivity index (χ0n) is 16.5. The van der Waals surface area contributed by atoms with Crippen LogP contribution in [-0.4, -0.2) is 53.1 Å². The number of nitrogens with zero attached hydrogens (tertiary/aromatic N) is 3. The molecule has 0 spiro atoms. The van der Waals surface area contributed by atoms with Crippen LogP contribution in [0, 0.1) is 11.6 Å². The van der Waals surface area contributed by atoms with Crippen LogP contribution in [0.25, 0.3) is 0 Å². The highest BCUT2D eigenvalue weighted by molar-refractivity contribution is 7.98. The van der Waals surface area contributed by atoms with Crippen molar-refractivity contribution >= 4 is 27.8 Å². The molecule has 31 heavy (non-hydrogen) atoms. The van der Waals surface area contributed by atoms with E-state index in [4.69, 9.17) is 4.74 Å². The van der Waals surface area contributed by atoms with Gasteiger partial charge in [-0.15, -0.1) is 0 Å². The summed E-state index contributed by atoms with van der Waals surface area (Å²) in [5, 5.41) is 10.2. The number of ether oxygens (including phenoxy) is 1. The molecule has 0 amide bonds. The zero-order chi connectivity index (χ0) is 22.0. The Morgan fingerprint density at radius 2 is 2.03 bits per heavy atom. The van der Waals surface area contributed by atoms with Crippen molar-refractivity contribution in [2.45, 2.75) is 48.8 Å². The van der Waals surface area contributed by atoms with Crippen molar-refractivity contribution in [2.24, 2.45) is 0 Å². The molecule has 2 unspecified atom stereocenters. The van der Waals surface area contributed by atoms with Gasteiger partial charge in [0.05, 0.1) is 6.10 Å². The van der Waals surface area contributed by atoms with E-state index in [9.17, 15) is 22.3 Å². The largest absolute Gasteiger partial charge is 0.471 e. The van der Waals surface area contributed by atoms with Crippen molar-refractivity contribution in [1.82, 2.24) is 14.3 Å². The van der Waals surface area contributed by atoms with Crippen LogP contribution in [0.5, 0.6) is 5.88 Å².